The van der Waals surface area contributed by atoms with E-state index in [1.165, 1.54) is 0 Å². The van der Waals surface area contributed by atoms with E-state index in [1.54, 1.807) is 0 Å². The molecule has 2 nitrogen and oxygen atoms in total. The van der Waals surface area contributed by atoms with Crippen LogP contribution in [0.3, 0.4) is 0 Å². The van der Waals surface area contributed by atoms with Gasteiger partial charge in [0.1, 0.15) is 11.3 Å². The zero-order chi connectivity index (χ0) is 15.5. The van der Waals surface area contributed by atoms with Crippen molar-refractivity contribution in [3.63, 3.8) is 0 Å². The predicted molar refractivity (Wildman–Crippen MR) is 91.1 cm³/mol. The Kier molecular flexibility index (Phi) is 4.10. The molecule has 112 valence electrons. The van der Waals surface area contributed by atoms with Crippen LogP contribution in [-0.2, 0) is 6.42 Å². The molecule has 1 heterocycles. The third-order valence-electron chi connectivity index (χ3n) is 3.90. The van der Waals surface area contributed by atoms with Crippen molar-refractivity contribution >= 4 is 11.0 Å². The van der Waals surface area contributed by atoms with Gasteiger partial charge in [-0.05, 0) is 30.9 Å². The highest BCUT2D eigenvalue weighted by Gasteiger charge is 2.15. The molecule has 0 spiro atoms. The molecule has 0 atom stereocenters. The third-order valence-corrected chi connectivity index (χ3v) is 3.90. The maximum Gasteiger partial charge on any atom is 0.196 e. The normalized spacial score (nSPS) is 11.2. The van der Waals surface area contributed by atoms with Crippen LogP contribution in [0.1, 0.15) is 25.8 Å². The maximum absolute atomic E-state index is 12.9. The van der Waals surface area contributed by atoms with Gasteiger partial charge in [0, 0.05) is 11.1 Å². The minimum Gasteiger partial charge on any atom is -0.456 e. The first-order valence-electron chi connectivity index (χ1n) is 7.77. The average molecular weight is 292 g/mol. The minimum absolute atomic E-state index is 0.0985. The number of hydrogen-bond donors (Lipinski definition) is 0. The van der Waals surface area contributed by atoms with Crippen LogP contribution in [0, 0.1) is 5.92 Å². The molecule has 0 aliphatic heterocycles. The number of rotatable bonds is 4. The van der Waals surface area contributed by atoms with E-state index in [-0.39, 0.29) is 5.43 Å². The maximum atomic E-state index is 12.9. The van der Waals surface area contributed by atoms with Crippen molar-refractivity contribution in [1.29, 1.82) is 0 Å². The van der Waals surface area contributed by atoms with Gasteiger partial charge in [-0.1, -0.05) is 56.3 Å². The summed E-state index contributed by atoms with van der Waals surface area (Å²) >= 11 is 0. The first-order valence-corrected chi connectivity index (χ1v) is 7.77. The van der Waals surface area contributed by atoms with Crippen LogP contribution in [0.5, 0.6) is 0 Å². The van der Waals surface area contributed by atoms with Gasteiger partial charge in [0.25, 0.3) is 0 Å². The van der Waals surface area contributed by atoms with Crippen LogP contribution < -0.4 is 5.43 Å². The number of benzene rings is 2. The fraction of sp³-hybridized carbons (Fsp3) is 0.250. The van der Waals surface area contributed by atoms with Crippen molar-refractivity contribution in [3.8, 4) is 11.3 Å². The van der Waals surface area contributed by atoms with Gasteiger partial charge in [-0.25, -0.2) is 0 Å². The van der Waals surface area contributed by atoms with Crippen molar-refractivity contribution in [2.45, 2.75) is 26.7 Å². The van der Waals surface area contributed by atoms with E-state index < -0.39 is 0 Å². The second kappa shape index (κ2) is 6.18. The van der Waals surface area contributed by atoms with Crippen LogP contribution in [0.25, 0.3) is 22.3 Å². The van der Waals surface area contributed by atoms with Gasteiger partial charge in [0.2, 0.25) is 0 Å². The molecule has 0 radical (unpaired) electrons. The van der Waals surface area contributed by atoms with Crippen LogP contribution in [-0.4, -0.2) is 0 Å². The summed E-state index contributed by atoms with van der Waals surface area (Å²) in [4.78, 5) is 12.9. The molecule has 0 N–H and O–H groups in total. The Hall–Kier alpha value is -2.35. The topological polar surface area (TPSA) is 30.2 Å². The third kappa shape index (κ3) is 2.82. The summed E-state index contributed by atoms with van der Waals surface area (Å²) in [6.07, 6.45) is 1.72. The zero-order valence-electron chi connectivity index (χ0n) is 13.0. The van der Waals surface area contributed by atoms with Crippen molar-refractivity contribution in [3.05, 3.63) is 70.4 Å². The van der Waals surface area contributed by atoms with Crippen molar-refractivity contribution in [2.75, 3.05) is 0 Å². The summed E-state index contributed by atoms with van der Waals surface area (Å²) in [7, 11) is 0. The van der Waals surface area contributed by atoms with Gasteiger partial charge in [-0.3, -0.25) is 4.79 Å². The van der Waals surface area contributed by atoms with Gasteiger partial charge in [0.05, 0.1) is 5.39 Å². The monoisotopic (exact) mass is 292 g/mol. The molecule has 0 aliphatic rings. The summed E-state index contributed by atoms with van der Waals surface area (Å²) in [5.41, 5.74) is 2.50. The summed E-state index contributed by atoms with van der Waals surface area (Å²) in [6, 6.07) is 17.4. The lowest BCUT2D eigenvalue weighted by atomic mass is 9.97. The largest absolute Gasteiger partial charge is 0.456 e. The standard InChI is InChI=1S/C20H20O2/c1-14(2)12-13-17-19(21)16-10-6-7-11-18(16)22-20(17)15-8-4-3-5-9-15/h3-11,14H,12-13H2,1-2H3. The van der Waals surface area contributed by atoms with Gasteiger partial charge in [-0.15, -0.1) is 0 Å². The van der Waals surface area contributed by atoms with E-state index >= 15 is 0 Å². The van der Waals surface area contributed by atoms with E-state index in [9.17, 15) is 4.79 Å². The van der Waals surface area contributed by atoms with E-state index in [2.05, 4.69) is 13.8 Å². The van der Waals surface area contributed by atoms with Crippen LogP contribution in [0.4, 0.5) is 0 Å². The number of para-hydroxylation sites is 1. The fourth-order valence-corrected chi connectivity index (χ4v) is 2.66. The quantitative estimate of drug-likeness (QED) is 0.673. The molecule has 0 saturated carbocycles. The Labute approximate surface area is 130 Å². The molecular weight excluding hydrogens is 272 g/mol. The van der Waals surface area contributed by atoms with E-state index in [0.29, 0.717) is 22.6 Å². The first kappa shape index (κ1) is 14.6. The first-order chi connectivity index (χ1) is 10.7. The smallest absolute Gasteiger partial charge is 0.196 e. The van der Waals surface area contributed by atoms with Gasteiger partial charge >= 0.3 is 0 Å². The molecule has 2 aromatic carbocycles. The summed E-state index contributed by atoms with van der Waals surface area (Å²) < 4.78 is 6.09. The Morgan fingerprint density at radius 3 is 2.36 bits per heavy atom. The van der Waals surface area contributed by atoms with E-state index in [4.69, 9.17) is 4.42 Å². The molecule has 22 heavy (non-hydrogen) atoms. The minimum atomic E-state index is 0.0985. The van der Waals surface area contributed by atoms with Crippen molar-refractivity contribution in [1.82, 2.24) is 0 Å². The highest BCUT2D eigenvalue weighted by Crippen LogP contribution is 2.27. The summed E-state index contributed by atoms with van der Waals surface area (Å²) in [5.74, 6) is 1.26. The molecule has 0 amide bonds. The molecule has 3 rings (SSSR count). The summed E-state index contributed by atoms with van der Waals surface area (Å²) in [6.45, 7) is 4.34. The fourth-order valence-electron chi connectivity index (χ4n) is 2.66. The van der Waals surface area contributed by atoms with E-state index in [1.807, 2.05) is 54.6 Å². The highest BCUT2D eigenvalue weighted by molar-refractivity contribution is 5.80. The second-order valence-electron chi connectivity index (χ2n) is 6.03. The molecule has 2 heteroatoms. The molecular formula is C20H20O2. The Morgan fingerprint density at radius 1 is 0.955 bits per heavy atom. The van der Waals surface area contributed by atoms with Gasteiger partial charge in [0.15, 0.2) is 5.43 Å². The van der Waals surface area contributed by atoms with Gasteiger partial charge < -0.3 is 4.42 Å². The van der Waals surface area contributed by atoms with Crippen molar-refractivity contribution < 1.29 is 4.42 Å². The Balaban J connectivity index is 2.24. The van der Waals surface area contributed by atoms with Crippen LogP contribution in [0.2, 0.25) is 0 Å². The second-order valence-corrected chi connectivity index (χ2v) is 6.03. The molecule has 0 fully saturated rings. The molecule has 3 aromatic rings. The molecule has 1 aromatic heterocycles. The molecule has 0 saturated heterocycles. The Bertz CT molecular complexity index is 829. The predicted octanol–water partition coefficient (Wildman–Crippen LogP) is 5.05. The van der Waals surface area contributed by atoms with Crippen molar-refractivity contribution in [2.24, 2.45) is 5.92 Å². The van der Waals surface area contributed by atoms with Crippen LogP contribution >= 0.6 is 0 Å². The molecule has 0 unspecified atom stereocenters. The lowest BCUT2D eigenvalue weighted by Gasteiger charge is -2.11. The lowest BCUT2D eigenvalue weighted by Crippen LogP contribution is -2.12. The molecule has 0 aliphatic carbocycles. The lowest BCUT2D eigenvalue weighted by molar-refractivity contribution is 0.567. The number of fused-ring (bicyclic) bond motifs is 1. The van der Waals surface area contributed by atoms with E-state index in [0.717, 1.165) is 24.0 Å². The number of hydrogen-bond acceptors (Lipinski definition) is 2. The van der Waals surface area contributed by atoms with Gasteiger partial charge in [-0.2, -0.15) is 0 Å². The van der Waals surface area contributed by atoms with Crippen LogP contribution in [0.15, 0.2) is 63.8 Å². The SMILES string of the molecule is CC(C)CCc1c(-c2ccccc2)oc2ccccc2c1=O. The summed E-state index contributed by atoms with van der Waals surface area (Å²) in [5, 5.41) is 0.668. The zero-order valence-corrected chi connectivity index (χ0v) is 13.0. The molecule has 0 bridgehead atoms. The highest BCUT2D eigenvalue weighted by atomic mass is 16.3. The Morgan fingerprint density at radius 2 is 1.64 bits per heavy atom. The average Bonchev–Trinajstić information content (AvgIpc) is 2.54.